The lowest BCUT2D eigenvalue weighted by Gasteiger charge is -2.07. The number of nitrogens with zero attached hydrogens (tertiary/aromatic N) is 2. The minimum absolute atomic E-state index is 0.258. The van der Waals surface area contributed by atoms with E-state index in [1.165, 1.54) is 0 Å². The summed E-state index contributed by atoms with van der Waals surface area (Å²) in [4.78, 5) is 21.2. The highest BCUT2D eigenvalue weighted by atomic mass is 35.5. The minimum Gasteiger partial charge on any atom is -0.322 e. The molecule has 4 nitrogen and oxygen atoms in total. The Morgan fingerprint density at radius 3 is 2.54 bits per heavy atom. The molecular formula is C21H13Cl2N3OS. The van der Waals surface area contributed by atoms with Crippen molar-refractivity contribution in [3.8, 4) is 21.8 Å². The largest absolute Gasteiger partial charge is 0.322 e. The Hall–Kier alpha value is -2.73. The van der Waals surface area contributed by atoms with Gasteiger partial charge in [-0.2, -0.15) is 0 Å². The van der Waals surface area contributed by atoms with Crippen LogP contribution in [0.4, 0.5) is 5.69 Å². The second kappa shape index (κ2) is 8.10. The maximum absolute atomic E-state index is 12.5. The third-order valence-corrected chi connectivity index (χ3v) is 5.66. The van der Waals surface area contributed by atoms with Crippen molar-refractivity contribution in [2.45, 2.75) is 0 Å². The van der Waals surface area contributed by atoms with Crippen LogP contribution in [0.3, 0.4) is 0 Å². The number of aromatic nitrogens is 2. The summed E-state index contributed by atoms with van der Waals surface area (Å²) in [6.07, 6.45) is 3.49. The fraction of sp³-hybridized carbons (Fsp3) is 0. The number of pyridine rings is 1. The zero-order chi connectivity index (χ0) is 19.5. The van der Waals surface area contributed by atoms with Gasteiger partial charge in [0.25, 0.3) is 5.91 Å². The quantitative estimate of drug-likeness (QED) is 0.409. The summed E-state index contributed by atoms with van der Waals surface area (Å²) in [7, 11) is 0. The number of rotatable bonds is 4. The maximum atomic E-state index is 12.5. The molecule has 0 aliphatic heterocycles. The van der Waals surface area contributed by atoms with Crippen molar-refractivity contribution >= 4 is 46.1 Å². The number of carbonyl (C=O) groups excluding carboxylic acids is 1. The lowest BCUT2D eigenvalue weighted by Crippen LogP contribution is -2.11. The van der Waals surface area contributed by atoms with E-state index in [0.29, 0.717) is 21.3 Å². The van der Waals surface area contributed by atoms with Crippen LogP contribution in [-0.2, 0) is 0 Å². The van der Waals surface area contributed by atoms with Gasteiger partial charge in [0, 0.05) is 40.2 Å². The van der Waals surface area contributed by atoms with Gasteiger partial charge in [-0.15, -0.1) is 11.3 Å². The van der Waals surface area contributed by atoms with Crippen LogP contribution in [0, 0.1) is 0 Å². The van der Waals surface area contributed by atoms with Crippen LogP contribution >= 0.6 is 34.5 Å². The van der Waals surface area contributed by atoms with Crippen molar-refractivity contribution < 1.29 is 4.79 Å². The molecule has 4 aromatic rings. The first-order chi connectivity index (χ1) is 13.6. The van der Waals surface area contributed by atoms with Gasteiger partial charge in [-0.1, -0.05) is 35.3 Å². The SMILES string of the molecule is O=C(Nc1cccc(-c2csc(-c3ccncc3)n2)c1)c1ccc(Cl)c(Cl)c1. The van der Waals surface area contributed by atoms with Crippen LogP contribution < -0.4 is 5.32 Å². The molecule has 7 heteroatoms. The molecule has 28 heavy (non-hydrogen) atoms. The van der Waals surface area contributed by atoms with E-state index in [-0.39, 0.29) is 5.91 Å². The minimum atomic E-state index is -0.258. The zero-order valence-corrected chi connectivity index (χ0v) is 16.7. The Morgan fingerprint density at radius 1 is 0.929 bits per heavy atom. The van der Waals surface area contributed by atoms with Crippen LogP contribution in [0.2, 0.25) is 10.0 Å². The van der Waals surface area contributed by atoms with Gasteiger partial charge in [0.15, 0.2) is 0 Å². The van der Waals surface area contributed by atoms with Gasteiger partial charge >= 0.3 is 0 Å². The van der Waals surface area contributed by atoms with Crippen molar-refractivity contribution in [1.29, 1.82) is 0 Å². The van der Waals surface area contributed by atoms with E-state index in [4.69, 9.17) is 28.2 Å². The van der Waals surface area contributed by atoms with Crippen LogP contribution in [0.15, 0.2) is 72.4 Å². The Balaban J connectivity index is 1.56. The summed E-state index contributed by atoms with van der Waals surface area (Å²) in [6.45, 7) is 0. The summed E-state index contributed by atoms with van der Waals surface area (Å²) in [5.41, 5.74) is 3.90. The van der Waals surface area contributed by atoms with E-state index in [1.54, 1.807) is 41.9 Å². The molecule has 2 aromatic carbocycles. The fourth-order valence-corrected chi connectivity index (χ4v) is 3.76. The first-order valence-electron chi connectivity index (χ1n) is 8.33. The molecule has 0 aliphatic carbocycles. The second-order valence-corrected chi connectivity index (χ2v) is 7.61. The number of hydrogen-bond donors (Lipinski definition) is 1. The highest BCUT2D eigenvalue weighted by Crippen LogP contribution is 2.30. The van der Waals surface area contributed by atoms with Crippen LogP contribution in [-0.4, -0.2) is 15.9 Å². The molecule has 138 valence electrons. The molecule has 0 unspecified atom stereocenters. The lowest BCUT2D eigenvalue weighted by molar-refractivity contribution is 0.102. The number of amides is 1. The number of halogens is 2. The Labute approximate surface area is 175 Å². The topological polar surface area (TPSA) is 54.9 Å². The van der Waals surface area contributed by atoms with Gasteiger partial charge in [-0.05, 0) is 42.5 Å². The third-order valence-electron chi connectivity index (χ3n) is 4.03. The Bertz CT molecular complexity index is 1150. The first-order valence-corrected chi connectivity index (χ1v) is 9.96. The molecule has 0 aliphatic rings. The molecule has 0 bridgehead atoms. The van der Waals surface area contributed by atoms with E-state index >= 15 is 0 Å². The summed E-state index contributed by atoms with van der Waals surface area (Å²) < 4.78 is 0. The molecule has 0 fully saturated rings. The van der Waals surface area contributed by atoms with Gasteiger partial charge in [-0.25, -0.2) is 4.98 Å². The number of nitrogens with one attached hydrogen (secondary N) is 1. The predicted molar refractivity (Wildman–Crippen MR) is 115 cm³/mol. The average Bonchev–Trinajstić information content (AvgIpc) is 3.21. The highest BCUT2D eigenvalue weighted by Gasteiger charge is 2.11. The summed E-state index contributed by atoms with van der Waals surface area (Å²) >= 11 is 13.5. The van der Waals surface area contributed by atoms with E-state index in [9.17, 15) is 4.79 Å². The number of carbonyl (C=O) groups is 1. The Morgan fingerprint density at radius 2 is 1.75 bits per heavy atom. The zero-order valence-electron chi connectivity index (χ0n) is 14.4. The molecule has 0 atom stereocenters. The number of thiazole rings is 1. The third kappa shape index (κ3) is 4.07. The smallest absolute Gasteiger partial charge is 0.255 e. The Kier molecular flexibility index (Phi) is 5.39. The molecule has 2 heterocycles. The van der Waals surface area contributed by atoms with Crippen molar-refractivity contribution in [3.63, 3.8) is 0 Å². The monoisotopic (exact) mass is 425 g/mol. The van der Waals surface area contributed by atoms with Gasteiger partial charge in [0.05, 0.1) is 15.7 Å². The van der Waals surface area contributed by atoms with Crippen molar-refractivity contribution in [3.05, 3.63) is 88.0 Å². The summed E-state index contributed by atoms with van der Waals surface area (Å²) in [5.74, 6) is -0.258. The van der Waals surface area contributed by atoms with E-state index < -0.39 is 0 Å². The number of benzene rings is 2. The van der Waals surface area contributed by atoms with E-state index in [2.05, 4.69) is 10.3 Å². The highest BCUT2D eigenvalue weighted by molar-refractivity contribution is 7.13. The summed E-state index contributed by atoms with van der Waals surface area (Å²) in [6, 6.07) is 16.2. The van der Waals surface area contributed by atoms with E-state index in [0.717, 1.165) is 21.8 Å². The van der Waals surface area contributed by atoms with Gasteiger partial charge in [0.1, 0.15) is 5.01 Å². The molecule has 1 amide bonds. The van der Waals surface area contributed by atoms with Gasteiger partial charge in [-0.3, -0.25) is 9.78 Å². The van der Waals surface area contributed by atoms with Crippen molar-refractivity contribution in [2.75, 3.05) is 5.32 Å². The number of hydrogen-bond acceptors (Lipinski definition) is 4. The van der Waals surface area contributed by atoms with Gasteiger partial charge in [0.2, 0.25) is 0 Å². The average molecular weight is 426 g/mol. The standard InChI is InChI=1S/C21H13Cl2N3OS/c22-17-5-4-15(11-18(17)23)20(27)25-16-3-1-2-14(10-16)19-12-28-21(26-19)13-6-8-24-9-7-13/h1-12H,(H,25,27). The second-order valence-electron chi connectivity index (χ2n) is 5.94. The molecule has 0 saturated carbocycles. The van der Waals surface area contributed by atoms with E-state index in [1.807, 2.05) is 41.8 Å². The predicted octanol–water partition coefficient (Wildman–Crippen LogP) is 6.43. The molecule has 2 aromatic heterocycles. The van der Waals surface area contributed by atoms with Crippen LogP contribution in [0.1, 0.15) is 10.4 Å². The lowest BCUT2D eigenvalue weighted by atomic mass is 10.1. The van der Waals surface area contributed by atoms with Crippen LogP contribution in [0.25, 0.3) is 21.8 Å². The van der Waals surface area contributed by atoms with Crippen LogP contribution in [0.5, 0.6) is 0 Å². The molecular weight excluding hydrogens is 413 g/mol. The molecule has 4 rings (SSSR count). The molecule has 0 radical (unpaired) electrons. The normalized spacial score (nSPS) is 10.6. The first kappa shape index (κ1) is 18.6. The molecule has 0 saturated heterocycles. The summed E-state index contributed by atoms with van der Waals surface area (Å²) in [5, 5.41) is 6.55. The van der Waals surface area contributed by atoms with Gasteiger partial charge < -0.3 is 5.32 Å². The maximum Gasteiger partial charge on any atom is 0.255 e. The van der Waals surface area contributed by atoms with Crippen molar-refractivity contribution in [1.82, 2.24) is 9.97 Å². The van der Waals surface area contributed by atoms with Crippen molar-refractivity contribution in [2.24, 2.45) is 0 Å². The number of anilines is 1. The molecule has 0 spiro atoms. The fourth-order valence-electron chi connectivity index (χ4n) is 2.63. The molecule has 1 N–H and O–H groups in total.